The zero-order valence-corrected chi connectivity index (χ0v) is 11.9. The first-order valence-electron chi connectivity index (χ1n) is 6.83. The van der Waals surface area contributed by atoms with Crippen molar-refractivity contribution < 1.29 is 14.7 Å². The molecule has 0 bridgehead atoms. The molecular weight excluding hydrogens is 278 g/mol. The Balaban J connectivity index is 1.94. The van der Waals surface area contributed by atoms with E-state index in [1.165, 1.54) is 0 Å². The lowest BCUT2D eigenvalue weighted by Crippen LogP contribution is -2.45. The standard InChI is InChI=1S/C15H18ClNO3/c16-11-5-3-4-10(8-11)9-14(18)17-13-7-2-1-6-12(13)15(19)20/h3-5,8,12-13H,1-2,6-7,9H2,(H,17,18)(H,19,20). The van der Waals surface area contributed by atoms with E-state index in [4.69, 9.17) is 11.6 Å². The molecule has 1 aromatic carbocycles. The number of amides is 1. The summed E-state index contributed by atoms with van der Waals surface area (Å²) in [5.41, 5.74) is 0.831. The maximum atomic E-state index is 12.0. The van der Waals surface area contributed by atoms with Gasteiger partial charge in [0.25, 0.3) is 0 Å². The minimum atomic E-state index is -0.822. The molecular formula is C15H18ClNO3. The molecule has 1 saturated carbocycles. The van der Waals surface area contributed by atoms with Gasteiger partial charge in [0.05, 0.1) is 12.3 Å². The van der Waals surface area contributed by atoms with Crippen LogP contribution in [0.3, 0.4) is 0 Å². The van der Waals surface area contributed by atoms with Crippen molar-refractivity contribution in [3.05, 3.63) is 34.9 Å². The Morgan fingerprint density at radius 2 is 2.05 bits per heavy atom. The van der Waals surface area contributed by atoms with Crippen LogP contribution in [0, 0.1) is 5.92 Å². The molecule has 108 valence electrons. The molecule has 1 aliphatic carbocycles. The summed E-state index contributed by atoms with van der Waals surface area (Å²) in [6.45, 7) is 0. The van der Waals surface area contributed by atoms with Gasteiger partial charge in [-0.15, -0.1) is 0 Å². The quantitative estimate of drug-likeness (QED) is 0.897. The molecule has 2 atom stereocenters. The second-order valence-electron chi connectivity index (χ2n) is 5.21. The first kappa shape index (κ1) is 14.9. The Kier molecular flexibility index (Phi) is 5.01. The van der Waals surface area contributed by atoms with Crippen molar-refractivity contribution in [1.82, 2.24) is 5.32 Å². The van der Waals surface area contributed by atoms with Gasteiger partial charge in [0.2, 0.25) is 5.91 Å². The van der Waals surface area contributed by atoms with Crippen LogP contribution in [0.4, 0.5) is 0 Å². The number of rotatable bonds is 4. The number of benzene rings is 1. The molecule has 0 radical (unpaired) electrons. The van der Waals surface area contributed by atoms with Crippen LogP contribution in [0.15, 0.2) is 24.3 Å². The second-order valence-corrected chi connectivity index (χ2v) is 5.65. The predicted molar refractivity (Wildman–Crippen MR) is 76.7 cm³/mol. The summed E-state index contributed by atoms with van der Waals surface area (Å²) < 4.78 is 0. The number of aliphatic carboxylic acids is 1. The lowest BCUT2D eigenvalue weighted by molar-refractivity contribution is -0.144. The van der Waals surface area contributed by atoms with Crippen molar-refractivity contribution in [3.63, 3.8) is 0 Å². The normalized spacial score (nSPS) is 22.2. The average Bonchev–Trinajstić information content (AvgIpc) is 2.38. The Bertz CT molecular complexity index is 504. The molecule has 0 heterocycles. The van der Waals surface area contributed by atoms with E-state index in [9.17, 15) is 14.7 Å². The molecule has 5 heteroatoms. The zero-order chi connectivity index (χ0) is 14.5. The predicted octanol–water partition coefficient (Wildman–Crippen LogP) is 2.64. The molecule has 0 aromatic heterocycles. The minimum absolute atomic E-state index is 0.148. The van der Waals surface area contributed by atoms with Gasteiger partial charge in [-0.25, -0.2) is 0 Å². The summed E-state index contributed by atoms with van der Waals surface area (Å²) in [6.07, 6.45) is 3.47. The van der Waals surface area contributed by atoms with Gasteiger partial charge in [-0.3, -0.25) is 9.59 Å². The highest BCUT2D eigenvalue weighted by molar-refractivity contribution is 6.30. The number of halogens is 1. The average molecular weight is 296 g/mol. The summed E-state index contributed by atoms with van der Waals surface area (Å²) in [4.78, 5) is 23.2. The minimum Gasteiger partial charge on any atom is -0.481 e. The number of carbonyl (C=O) groups excluding carboxylic acids is 1. The van der Waals surface area contributed by atoms with E-state index in [1.54, 1.807) is 18.2 Å². The number of carbonyl (C=O) groups is 2. The molecule has 1 aromatic rings. The van der Waals surface area contributed by atoms with Crippen LogP contribution in [0.25, 0.3) is 0 Å². The summed E-state index contributed by atoms with van der Waals surface area (Å²) in [6, 6.07) is 6.88. The van der Waals surface area contributed by atoms with Gasteiger partial charge in [-0.05, 0) is 30.5 Å². The summed E-state index contributed by atoms with van der Waals surface area (Å²) in [5, 5.41) is 12.6. The lowest BCUT2D eigenvalue weighted by Gasteiger charge is -2.29. The van der Waals surface area contributed by atoms with Crippen LogP contribution < -0.4 is 5.32 Å². The monoisotopic (exact) mass is 295 g/mol. The third-order valence-electron chi connectivity index (χ3n) is 3.68. The third kappa shape index (κ3) is 3.97. The summed E-state index contributed by atoms with van der Waals surface area (Å²) in [7, 11) is 0. The molecule has 4 nitrogen and oxygen atoms in total. The molecule has 1 amide bonds. The maximum absolute atomic E-state index is 12.0. The van der Waals surface area contributed by atoms with Gasteiger partial charge in [-0.2, -0.15) is 0 Å². The van der Waals surface area contributed by atoms with E-state index in [2.05, 4.69) is 5.32 Å². The van der Waals surface area contributed by atoms with E-state index >= 15 is 0 Å². The highest BCUT2D eigenvalue weighted by atomic mass is 35.5. The van der Waals surface area contributed by atoms with Crippen molar-refractivity contribution in [2.24, 2.45) is 5.92 Å². The second kappa shape index (κ2) is 6.75. The van der Waals surface area contributed by atoms with E-state index in [0.29, 0.717) is 11.4 Å². The number of carboxylic acids is 1. The summed E-state index contributed by atoms with van der Waals surface area (Å²) >= 11 is 5.88. The van der Waals surface area contributed by atoms with Gasteiger partial charge < -0.3 is 10.4 Å². The smallest absolute Gasteiger partial charge is 0.308 e. The number of hydrogen-bond donors (Lipinski definition) is 2. The zero-order valence-electron chi connectivity index (χ0n) is 11.1. The first-order valence-corrected chi connectivity index (χ1v) is 7.20. The van der Waals surface area contributed by atoms with Crippen LogP contribution in [0.1, 0.15) is 31.2 Å². The molecule has 2 unspecified atom stereocenters. The van der Waals surface area contributed by atoms with Gasteiger partial charge in [0, 0.05) is 11.1 Å². The fraction of sp³-hybridized carbons (Fsp3) is 0.467. The number of nitrogens with one attached hydrogen (secondary N) is 1. The van der Waals surface area contributed by atoms with Crippen LogP contribution in [0.2, 0.25) is 5.02 Å². The number of hydrogen-bond acceptors (Lipinski definition) is 2. The molecule has 20 heavy (non-hydrogen) atoms. The summed E-state index contributed by atoms with van der Waals surface area (Å²) in [5.74, 6) is -1.43. The van der Waals surface area contributed by atoms with Crippen molar-refractivity contribution in [2.75, 3.05) is 0 Å². The Hall–Kier alpha value is -1.55. The van der Waals surface area contributed by atoms with E-state index < -0.39 is 11.9 Å². The van der Waals surface area contributed by atoms with Gasteiger partial charge in [-0.1, -0.05) is 36.6 Å². The van der Waals surface area contributed by atoms with Gasteiger partial charge in [0.1, 0.15) is 0 Å². The van der Waals surface area contributed by atoms with Crippen LogP contribution in [-0.2, 0) is 16.0 Å². The fourth-order valence-electron chi connectivity index (χ4n) is 2.69. The van der Waals surface area contributed by atoms with Crippen molar-refractivity contribution in [1.29, 1.82) is 0 Å². The maximum Gasteiger partial charge on any atom is 0.308 e. The van der Waals surface area contributed by atoms with Crippen molar-refractivity contribution >= 4 is 23.5 Å². The molecule has 2 N–H and O–H groups in total. The molecule has 1 fully saturated rings. The van der Waals surface area contributed by atoms with Gasteiger partial charge in [0.15, 0.2) is 0 Å². The molecule has 2 rings (SSSR count). The molecule has 0 spiro atoms. The third-order valence-corrected chi connectivity index (χ3v) is 3.92. The Morgan fingerprint density at radius 1 is 1.30 bits per heavy atom. The highest BCUT2D eigenvalue weighted by Gasteiger charge is 2.31. The Labute approximate surface area is 123 Å². The van der Waals surface area contributed by atoms with E-state index in [1.807, 2.05) is 6.07 Å². The van der Waals surface area contributed by atoms with Gasteiger partial charge >= 0.3 is 5.97 Å². The molecule has 1 aliphatic rings. The van der Waals surface area contributed by atoms with E-state index in [-0.39, 0.29) is 18.4 Å². The van der Waals surface area contributed by atoms with Crippen molar-refractivity contribution in [2.45, 2.75) is 38.1 Å². The first-order chi connectivity index (χ1) is 9.56. The highest BCUT2D eigenvalue weighted by Crippen LogP contribution is 2.24. The topological polar surface area (TPSA) is 66.4 Å². The fourth-order valence-corrected chi connectivity index (χ4v) is 2.90. The Morgan fingerprint density at radius 3 is 2.75 bits per heavy atom. The number of carboxylic acid groups (broad SMARTS) is 1. The van der Waals surface area contributed by atoms with Crippen molar-refractivity contribution in [3.8, 4) is 0 Å². The largest absolute Gasteiger partial charge is 0.481 e. The van der Waals surface area contributed by atoms with E-state index in [0.717, 1.165) is 24.8 Å². The van der Waals surface area contributed by atoms with Crippen LogP contribution in [0.5, 0.6) is 0 Å². The van der Waals surface area contributed by atoms with Crippen LogP contribution in [-0.4, -0.2) is 23.0 Å². The lowest BCUT2D eigenvalue weighted by atomic mass is 9.84. The van der Waals surface area contributed by atoms with Crippen LogP contribution >= 0.6 is 11.6 Å². The molecule has 0 saturated heterocycles. The SMILES string of the molecule is O=C(Cc1cccc(Cl)c1)NC1CCCCC1C(=O)O. The molecule has 0 aliphatic heterocycles.